The Morgan fingerprint density at radius 3 is 2.69 bits per heavy atom. The minimum absolute atomic E-state index is 0.0496. The molecule has 90 valence electrons. The molecule has 1 heterocycles. The van der Waals surface area contributed by atoms with Crippen molar-refractivity contribution in [2.24, 2.45) is 5.92 Å². The normalized spacial score (nSPS) is 12.5. The molecule has 0 aromatic carbocycles. The Morgan fingerprint density at radius 2 is 2.25 bits per heavy atom. The van der Waals surface area contributed by atoms with Crippen LogP contribution in [0.25, 0.3) is 0 Å². The molecular weight excluding hydrogens is 222 g/mol. The molecule has 1 unspecified atom stereocenters. The fourth-order valence-corrected chi connectivity index (χ4v) is 1.74. The van der Waals surface area contributed by atoms with E-state index in [2.05, 4.69) is 24.7 Å². The van der Waals surface area contributed by atoms with E-state index in [9.17, 15) is 4.79 Å². The summed E-state index contributed by atoms with van der Waals surface area (Å²) >= 11 is 4.26. The van der Waals surface area contributed by atoms with Gasteiger partial charge in [-0.2, -0.15) is 17.7 Å². The molecule has 0 aliphatic rings. The zero-order valence-corrected chi connectivity index (χ0v) is 10.9. The Kier molecular flexibility index (Phi) is 4.86. The van der Waals surface area contributed by atoms with E-state index in [4.69, 9.17) is 0 Å². The lowest BCUT2D eigenvalue weighted by Gasteiger charge is -2.15. The molecule has 0 radical (unpaired) electrons. The van der Waals surface area contributed by atoms with Gasteiger partial charge in [-0.1, -0.05) is 13.3 Å². The summed E-state index contributed by atoms with van der Waals surface area (Å²) in [4.78, 5) is 13.6. The van der Waals surface area contributed by atoms with E-state index in [1.54, 1.807) is 12.3 Å². The van der Waals surface area contributed by atoms with Crippen molar-refractivity contribution >= 4 is 18.3 Å². The van der Waals surface area contributed by atoms with E-state index in [1.165, 1.54) is 4.68 Å². The van der Waals surface area contributed by atoms with Gasteiger partial charge in [-0.3, -0.25) is 4.79 Å². The van der Waals surface area contributed by atoms with Gasteiger partial charge in [0.15, 0.2) is 0 Å². The molecule has 0 fully saturated rings. The second kappa shape index (κ2) is 5.94. The van der Waals surface area contributed by atoms with Crippen molar-refractivity contribution in [3.63, 3.8) is 0 Å². The van der Waals surface area contributed by atoms with Crippen molar-refractivity contribution in [3.8, 4) is 0 Å². The van der Waals surface area contributed by atoms with Crippen LogP contribution < -0.4 is 10.5 Å². The van der Waals surface area contributed by atoms with Crippen LogP contribution in [0, 0.1) is 5.92 Å². The van der Waals surface area contributed by atoms with E-state index >= 15 is 0 Å². The molecule has 0 saturated heterocycles. The van der Waals surface area contributed by atoms with Crippen LogP contribution >= 0.6 is 12.6 Å². The van der Waals surface area contributed by atoms with Crippen LogP contribution in [0.15, 0.2) is 17.1 Å². The third kappa shape index (κ3) is 3.27. The summed E-state index contributed by atoms with van der Waals surface area (Å²) in [6.07, 6.45) is 2.72. The van der Waals surface area contributed by atoms with Crippen LogP contribution in [0.2, 0.25) is 0 Å². The fraction of sp³-hybridized carbons (Fsp3) is 0.636. The van der Waals surface area contributed by atoms with Crippen LogP contribution in [-0.4, -0.2) is 29.6 Å². The van der Waals surface area contributed by atoms with E-state index in [-0.39, 0.29) is 5.56 Å². The molecule has 0 saturated carbocycles. The van der Waals surface area contributed by atoms with Gasteiger partial charge in [0.05, 0.1) is 11.9 Å². The first-order chi connectivity index (χ1) is 7.58. The molecule has 0 bridgehead atoms. The van der Waals surface area contributed by atoms with Gasteiger partial charge >= 0.3 is 0 Å². The summed E-state index contributed by atoms with van der Waals surface area (Å²) in [7, 11) is 3.78. The highest BCUT2D eigenvalue weighted by atomic mass is 32.1. The summed E-state index contributed by atoms with van der Waals surface area (Å²) in [5.74, 6) is 1.18. The lowest BCUT2D eigenvalue weighted by molar-refractivity contribution is 0.431. The third-order valence-electron chi connectivity index (χ3n) is 2.64. The van der Waals surface area contributed by atoms with Gasteiger partial charge in [0.1, 0.15) is 0 Å². The zero-order valence-electron chi connectivity index (χ0n) is 10.1. The topological polar surface area (TPSA) is 38.1 Å². The molecule has 1 aromatic heterocycles. The highest BCUT2D eigenvalue weighted by Crippen LogP contribution is 2.08. The van der Waals surface area contributed by atoms with Crippen molar-refractivity contribution in [3.05, 3.63) is 22.6 Å². The molecule has 16 heavy (non-hydrogen) atoms. The van der Waals surface area contributed by atoms with Crippen molar-refractivity contribution in [2.75, 3.05) is 24.7 Å². The van der Waals surface area contributed by atoms with Crippen LogP contribution in [0.1, 0.15) is 13.3 Å². The lowest BCUT2D eigenvalue weighted by atomic mass is 10.1. The lowest BCUT2D eigenvalue weighted by Crippen LogP contribution is -2.27. The third-order valence-corrected chi connectivity index (χ3v) is 3.15. The first-order valence-electron chi connectivity index (χ1n) is 5.43. The zero-order chi connectivity index (χ0) is 12.1. The predicted molar refractivity (Wildman–Crippen MR) is 70.5 cm³/mol. The number of hydrogen-bond donors (Lipinski definition) is 1. The average Bonchev–Trinajstić information content (AvgIpc) is 2.27. The second-order valence-electron chi connectivity index (χ2n) is 4.09. The summed E-state index contributed by atoms with van der Waals surface area (Å²) in [6, 6.07) is 1.61. The Morgan fingerprint density at radius 1 is 1.56 bits per heavy atom. The molecule has 1 atom stereocenters. The van der Waals surface area contributed by atoms with Gasteiger partial charge in [-0.25, -0.2) is 4.68 Å². The number of nitrogens with zero attached hydrogens (tertiary/aromatic N) is 3. The van der Waals surface area contributed by atoms with Gasteiger partial charge < -0.3 is 4.90 Å². The molecule has 5 heteroatoms. The number of thiol groups is 1. The quantitative estimate of drug-likeness (QED) is 0.789. The molecule has 0 spiro atoms. The van der Waals surface area contributed by atoms with Crippen molar-refractivity contribution in [1.82, 2.24) is 9.78 Å². The smallest absolute Gasteiger partial charge is 0.268 e. The van der Waals surface area contributed by atoms with Gasteiger partial charge in [-0.15, -0.1) is 0 Å². The first kappa shape index (κ1) is 13.1. The minimum atomic E-state index is -0.0496. The fourth-order valence-electron chi connectivity index (χ4n) is 1.37. The van der Waals surface area contributed by atoms with Crippen LogP contribution in [0.3, 0.4) is 0 Å². The minimum Gasteiger partial charge on any atom is -0.376 e. The standard InChI is InChI=1S/C11H19N3OS/c1-4-9(8-16)7-14-11(15)5-10(6-12-14)13(2)3/h5-6,9,16H,4,7-8H2,1-3H3. The second-order valence-corrected chi connectivity index (χ2v) is 4.45. The van der Waals surface area contributed by atoms with Crippen molar-refractivity contribution < 1.29 is 0 Å². The maximum atomic E-state index is 11.8. The van der Waals surface area contributed by atoms with Gasteiger partial charge in [0.25, 0.3) is 5.56 Å². The first-order valence-corrected chi connectivity index (χ1v) is 6.07. The average molecular weight is 241 g/mol. The highest BCUT2D eigenvalue weighted by Gasteiger charge is 2.08. The predicted octanol–water partition coefficient (Wildman–Crippen LogP) is 1.27. The highest BCUT2D eigenvalue weighted by molar-refractivity contribution is 7.80. The molecule has 4 nitrogen and oxygen atoms in total. The van der Waals surface area contributed by atoms with Gasteiger partial charge in [0, 0.05) is 26.7 Å². The molecule has 0 aliphatic carbocycles. The number of aromatic nitrogens is 2. The van der Waals surface area contributed by atoms with Crippen molar-refractivity contribution in [2.45, 2.75) is 19.9 Å². The molecule has 1 aromatic rings. The summed E-state index contributed by atoms with van der Waals surface area (Å²) < 4.78 is 1.51. The SMILES string of the molecule is CCC(CS)Cn1ncc(N(C)C)cc1=O. The van der Waals surface area contributed by atoms with E-state index in [0.29, 0.717) is 12.5 Å². The van der Waals surface area contributed by atoms with Crippen LogP contribution in [0.5, 0.6) is 0 Å². The molecule has 0 aliphatic heterocycles. The maximum absolute atomic E-state index is 11.8. The monoisotopic (exact) mass is 241 g/mol. The molecule has 1 rings (SSSR count). The summed E-state index contributed by atoms with van der Waals surface area (Å²) in [5, 5.41) is 4.16. The van der Waals surface area contributed by atoms with Crippen molar-refractivity contribution in [1.29, 1.82) is 0 Å². The number of hydrogen-bond acceptors (Lipinski definition) is 4. The van der Waals surface area contributed by atoms with E-state index in [1.807, 2.05) is 19.0 Å². The summed E-state index contributed by atoms with van der Waals surface area (Å²) in [6.45, 7) is 2.74. The van der Waals surface area contributed by atoms with Crippen LogP contribution in [-0.2, 0) is 6.54 Å². The van der Waals surface area contributed by atoms with Gasteiger partial charge in [-0.05, 0) is 11.7 Å². The molecule has 0 N–H and O–H groups in total. The Labute approximate surface area is 102 Å². The van der Waals surface area contributed by atoms with Crippen LogP contribution in [0.4, 0.5) is 5.69 Å². The van der Waals surface area contributed by atoms with E-state index < -0.39 is 0 Å². The summed E-state index contributed by atoms with van der Waals surface area (Å²) in [5.41, 5.74) is 0.784. The maximum Gasteiger partial charge on any atom is 0.268 e. The Hall–Kier alpha value is -0.970. The van der Waals surface area contributed by atoms with E-state index in [0.717, 1.165) is 17.9 Å². The molecule has 0 amide bonds. The van der Waals surface area contributed by atoms with Gasteiger partial charge in [0.2, 0.25) is 0 Å². The largest absolute Gasteiger partial charge is 0.376 e. The molecular formula is C11H19N3OS. The Bertz CT molecular complexity index is 385. The Balaban J connectivity index is 2.87. The number of anilines is 1. The number of rotatable bonds is 5.